The monoisotopic (exact) mass is 435 g/mol. The van der Waals surface area contributed by atoms with Crippen LogP contribution in [0, 0.1) is 0 Å². The van der Waals surface area contributed by atoms with Gasteiger partial charge in [-0.05, 0) is 43.2 Å². The highest BCUT2D eigenvalue weighted by atomic mass is 32.1. The molecule has 0 saturated heterocycles. The van der Waals surface area contributed by atoms with Gasteiger partial charge in [-0.1, -0.05) is 45.6 Å². The molecule has 0 saturated carbocycles. The van der Waals surface area contributed by atoms with Crippen LogP contribution in [0.5, 0.6) is 5.75 Å². The van der Waals surface area contributed by atoms with Crippen molar-refractivity contribution in [3.8, 4) is 27.7 Å². The number of pyridine rings is 1. The fourth-order valence-electron chi connectivity index (χ4n) is 3.86. The lowest BCUT2D eigenvalue weighted by atomic mass is 10.1. The van der Waals surface area contributed by atoms with E-state index in [0.29, 0.717) is 6.42 Å². The first-order valence-electron chi connectivity index (χ1n) is 11.2. The summed E-state index contributed by atoms with van der Waals surface area (Å²) in [6.07, 6.45) is 7.88. The van der Waals surface area contributed by atoms with Gasteiger partial charge in [0.1, 0.15) is 10.8 Å². The molecule has 162 valence electrons. The molecule has 1 amide bonds. The Balaban J connectivity index is 1.59. The molecule has 4 rings (SSSR count). The van der Waals surface area contributed by atoms with Crippen molar-refractivity contribution < 1.29 is 9.53 Å². The molecule has 6 heteroatoms. The fraction of sp³-hybridized carbons (Fsp3) is 0.400. The van der Waals surface area contributed by atoms with E-state index in [2.05, 4.69) is 11.9 Å². The zero-order valence-electron chi connectivity index (χ0n) is 18.2. The Kier molecular flexibility index (Phi) is 6.97. The number of anilines is 1. The topological polar surface area (TPSA) is 55.3 Å². The van der Waals surface area contributed by atoms with Crippen molar-refractivity contribution in [2.24, 2.45) is 0 Å². The van der Waals surface area contributed by atoms with Gasteiger partial charge in [-0.15, -0.1) is 11.3 Å². The Morgan fingerprint density at radius 1 is 1.06 bits per heavy atom. The Labute approximate surface area is 188 Å². The van der Waals surface area contributed by atoms with E-state index in [4.69, 9.17) is 9.72 Å². The summed E-state index contributed by atoms with van der Waals surface area (Å²) in [7, 11) is 0. The number of unbranched alkanes of at least 4 members (excludes halogenated alkanes) is 4. The molecular formula is C25H29N3O2S. The number of thiazole rings is 1. The number of hydrogen-bond donors (Lipinski definition) is 0. The van der Waals surface area contributed by atoms with Crippen molar-refractivity contribution >= 4 is 22.9 Å². The fourth-order valence-corrected chi connectivity index (χ4v) is 4.66. The summed E-state index contributed by atoms with van der Waals surface area (Å²) in [5, 5.41) is 2.93. The molecule has 0 spiro atoms. The number of carbonyl (C=O) groups is 1. The van der Waals surface area contributed by atoms with Gasteiger partial charge >= 0.3 is 0 Å². The van der Waals surface area contributed by atoms with Gasteiger partial charge in [0.25, 0.3) is 5.91 Å². The van der Waals surface area contributed by atoms with Crippen molar-refractivity contribution in [1.82, 2.24) is 9.97 Å². The molecule has 1 unspecified atom stereocenters. The average molecular weight is 436 g/mol. The third-order valence-corrected chi connectivity index (χ3v) is 6.47. The second kappa shape index (κ2) is 10.1. The first-order valence-corrected chi connectivity index (χ1v) is 12.1. The minimum absolute atomic E-state index is 0.0649. The van der Waals surface area contributed by atoms with Crippen LogP contribution in [0.15, 0.2) is 48.0 Å². The number of nitrogens with zero attached hydrogens (tertiary/aromatic N) is 3. The largest absolute Gasteiger partial charge is 0.478 e. The van der Waals surface area contributed by atoms with Gasteiger partial charge in [0.15, 0.2) is 6.10 Å². The highest BCUT2D eigenvalue weighted by Crippen LogP contribution is 2.39. The predicted molar refractivity (Wildman–Crippen MR) is 127 cm³/mol. The number of carbonyl (C=O) groups excluding carboxylic acids is 1. The van der Waals surface area contributed by atoms with Gasteiger partial charge in [-0.25, -0.2) is 4.98 Å². The highest BCUT2D eigenvalue weighted by molar-refractivity contribution is 7.13. The molecule has 0 bridgehead atoms. The van der Waals surface area contributed by atoms with Crippen molar-refractivity contribution in [3.63, 3.8) is 0 Å². The van der Waals surface area contributed by atoms with E-state index < -0.39 is 6.10 Å². The third kappa shape index (κ3) is 4.79. The molecule has 31 heavy (non-hydrogen) atoms. The second-order valence-corrected chi connectivity index (χ2v) is 8.71. The van der Waals surface area contributed by atoms with E-state index in [9.17, 15) is 4.79 Å². The summed E-state index contributed by atoms with van der Waals surface area (Å²) in [5.41, 5.74) is 3.60. The number of hydrogen-bond acceptors (Lipinski definition) is 5. The SMILES string of the molecule is CCCCCCCN1C(=O)C(CC)Oc2ccc(-c3csc(-c4ccccn4)n3)cc21. The lowest BCUT2D eigenvalue weighted by Gasteiger charge is -2.34. The van der Waals surface area contributed by atoms with Gasteiger partial charge in [0.05, 0.1) is 17.1 Å². The Hall–Kier alpha value is -2.73. The lowest BCUT2D eigenvalue weighted by molar-refractivity contribution is -0.126. The number of amides is 1. The predicted octanol–water partition coefficient (Wildman–Crippen LogP) is 6.35. The minimum Gasteiger partial charge on any atom is -0.478 e. The van der Waals surface area contributed by atoms with Crippen molar-refractivity contribution in [2.45, 2.75) is 58.5 Å². The van der Waals surface area contributed by atoms with E-state index >= 15 is 0 Å². The molecule has 5 nitrogen and oxygen atoms in total. The molecule has 0 N–H and O–H groups in total. The van der Waals surface area contributed by atoms with Crippen molar-refractivity contribution in [1.29, 1.82) is 0 Å². The molecule has 0 radical (unpaired) electrons. The summed E-state index contributed by atoms with van der Waals surface area (Å²) in [4.78, 5) is 24.2. The van der Waals surface area contributed by atoms with Crippen LogP contribution in [0.3, 0.4) is 0 Å². The van der Waals surface area contributed by atoms with E-state index in [1.54, 1.807) is 17.5 Å². The number of rotatable bonds is 9. The van der Waals surface area contributed by atoms with Crippen molar-refractivity contribution in [2.75, 3.05) is 11.4 Å². The summed E-state index contributed by atoms with van der Waals surface area (Å²) in [6.45, 7) is 4.94. The van der Waals surface area contributed by atoms with Crippen LogP contribution in [-0.2, 0) is 4.79 Å². The Morgan fingerprint density at radius 2 is 1.94 bits per heavy atom. The molecule has 1 atom stereocenters. The quantitative estimate of drug-likeness (QED) is 0.368. The summed E-state index contributed by atoms with van der Waals surface area (Å²) in [6, 6.07) is 11.9. The van der Waals surface area contributed by atoms with Crippen LogP contribution in [0.2, 0.25) is 0 Å². The third-order valence-electron chi connectivity index (χ3n) is 5.60. The maximum absolute atomic E-state index is 13.1. The maximum Gasteiger partial charge on any atom is 0.268 e. The van der Waals surface area contributed by atoms with E-state index in [0.717, 1.165) is 52.8 Å². The number of ether oxygens (including phenoxy) is 1. The zero-order valence-corrected chi connectivity index (χ0v) is 19.0. The van der Waals surface area contributed by atoms with E-state index in [1.807, 2.05) is 53.6 Å². The van der Waals surface area contributed by atoms with Gasteiger partial charge < -0.3 is 9.64 Å². The van der Waals surface area contributed by atoms with Gasteiger partial charge in [-0.3, -0.25) is 9.78 Å². The van der Waals surface area contributed by atoms with Crippen LogP contribution in [-0.4, -0.2) is 28.5 Å². The maximum atomic E-state index is 13.1. The lowest BCUT2D eigenvalue weighted by Crippen LogP contribution is -2.46. The van der Waals surface area contributed by atoms with Crippen LogP contribution in [0.25, 0.3) is 22.0 Å². The van der Waals surface area contributed by atoms with Gasteiger partial charge in [0.2, 0.25) is 0 Å². The van der Waals surface area contributed by atoms with Crippen LogP contribution in [0.4, 0.5) is 5.69 Å². The first kappa shape index (κ1) is 21.5. The van der Waals surface area contributed by atoms with E-state index in [-0.39, 0.29) is 5.91 Å². The molecule has 2 aromatic heterocycles. The average Bonchev–Trinajstić information content (AvgIpc) is 3.30. The van der Waals surface area contributed by atoms with Crippen molar-refractivity contribution in [3.05, 3.63) is 48.0 Å². The smallest absolute Gasteiger partial charge is 0.268 e. The highest BCUT2D eigenvalue weighted by Gasteiger charge is 2.33. The van der Waals surface area contributed by atoms with Gasteiger partial charge in [0, 0.05) is 23.7 Å². The Morgan fingerprint density at radius 3 is 2.71 bits per heavy atom. The van der Waals surface area contributed by atoms with Crippen LogP contribution in [0.1, 0.15) is 52.4 Å². The number of benzene rings is 1. The van der Waals surface area contributed by atoms with Gasteiger partial charge in [-0.2, -0.15) is 0 Å². The molecular weight excluding hydrogens is 406 g/mol. The molecule has 3 aromatic rings. The number of aromatic nitrogens is 2. The summed E-state index contributed by atoms with van der Waals surface area (Å²) < 4.78 is 6.01. The summed E-state index contributed by atoms with van der Waals surface area (Å²) in [5.74, 6) is 0.846. The van der Waals surface area contributed by atoms with Crippen LogP contribution < -0.4 is 9.64 Å². The molecule has 1 aliphatic heterocycles. The molecule has 1 aliphatic rings. The molecule has 0 fully saturated rings. The molecule has 1 aromatic carbocycles. The Bertz CT molecular complexity index is 1020. The number of fused-ring (bicyclic) bond motifs is 1. The zero-order chi connectivity index (χ0) is 21.6. The normalized spacial score (nSPS) is 15.6. The second-order valence-electron chi connectivity index (χ2n) is 7.85. The van der Waals surface area contributed by atoms with Crippen LogP contribution >= 0.6 is 11.3 Å². The summed E-state index contributed by atoms with van der Waals surface area (Å²) >= 11 is 1.58. The standard InChI is InChI=1S/C25H29N3O2S/c1-3-5-6-7-10-15-28-21-16-18(12-13-23(21)30-22(4-2)25(28)29)20-17-31-24(27-20)19-11-8-9-14-26-19/h8-9,11-14,16-17,22H,3-7,10,15H2,1-2H3. The molecule has 3 heterocycles. The minimum atomic E-state index is -0.399. The first-order chi connectivity index (χ1) is 15.2. The van der Waals surface area contributed by atoms with E-state index in [1.165, 1.54) is 19.3 Å². The molecule has 0 aliphatic carbocycles.